The number of halogens is 2. The zero-order chi connectivity index (χ0) is 16.4. The molecule has 0 bridgehead atoms. The number of hydrogen-bond donors (Lipinski definition) is 1. The van der Waals surface area contributed by atoms with Crippen molar-refractivity contribution < 1.29 is 18.3 Å². The van der Waals surface area contributed by atoms with E-state index in [2.05, 4.69) is 9.88 Å². The van der Waals surface area contributed by atoms with E-state index in [1.54, 1.807) is 6.92 Å². The number of aromatic nitrogens is 1. The third-order valence-corrected chi connectivity index (χ3v) is 4.39. The predicted molar refractivity (Wildman–Crippen MR) is 81.7 cm³/mol. The Morgan fingerprint density at radius 3 is 2.96 bits per heavy atom. The third kappa shape index (κ3) is 3.28. The van der Waals surface area contributed by atoms with Gasteiger partial charge in [0, 0.05) is 12.6 Å². The molecule has 2 heterocycles. The highest BCUT2D eigenvalue weighted by atomic mass is 19.2. The summed E-state index contributed by atoms with van der Waals surface area (Å²) in [6.45, 7) is 3.31. The number of aryl methyl sites for hydroxylation is 1. The third-order valence-electron chi connectivity index (χ3n) is 4.39. The summed E-state index contributed by atoms with van der Waals surface area (Å²) in [6, 6.07) is 4.06. The molecule has 1 aliphatic heterocycles. The highest BCUT2D eigenvalue weighted by molar-refractivity contribution is 5.54. The minimum Gasteiger partial charge on any atom is -0.441 e. The van der Waals surface area contributed by atoms with Gasteiger partial charge in [-0.1, -0.05) is 12.5 Å². The van der Waals surface area contributed by atoms with Gasteiger partial charge >= 0.3 is 0 Å². The van der Waals surface area contributed by atoms with Gasteiger partial charge in [-0.15, -0.1) is 0 Å². The number of aliphatic hydroxyl groups excluding tert-OH is 1. The van der Waals surface area contributed by atoms with Gasteiger partial charge in [0.25, 0.3) is 0 Å². The van der Waals surface area contributed by atoms with Crippen LogP contribution >= 0.6 is 0 Å². The van der Waals surface area contributed by atoms with E-state index in [0.717, 1.165) is 31.9 Å². The fourth-order valence-electron chi connectivity index (χ4n) is 3.03. The minimum atomic E-state index is -0.952. The molecule has 0 amide bonds. The quantitative estimate of drug-likeness (QED) is 0.938. The molecule has 0 aliphatic carbocycles. The average molecular weight is 322 g/mol. The summed E-state index contributed by atoms with van der Waals surface area (Å²) in [7, 11) is 0. The van der Waals surface area contributed by atoms with Crippen LogP contribution in [-0.4, -0.2) is 34.2 Å². The predicted octanol–water partition coefficient (Wildman–Crippen LogP) is 3.28. The monoisotopic (exact) mass is 322 g/mol. The first kappa shape index (κ1) is 16.1. The van der Waals surface area contributed by atoms with Crippen molar-refractivity contribution in [3.63, 3.8) is 0 Å². The Morgan fingerprint density at radius 1 is 1.35 bits per heavy atom. The lowest BCUT2D eigenvalue weighted by molar-refractivity contribution is 0.0828. The lowest BCUT2D eigenvalue weighted by Crippen LogP contribution is -2.41. The van der Waals surface area contributed by atoms with Crippen LogP contribution in [0.4, 0.5) is 8.78 Å². The number of hydrogen-bond acceptors (Lipinski definition) is 4. The lowest BCUT2D eigenvalue weighted by atomic mass is 10.0. The van der Waals surface area contributed by atoms with Gasteiger partial charge in [-0.25, -0.2) is 13.8 Å². The first-order valence-electron chi connectivity index (χ1n) is 7.85. The molecule has 1 aliphatic rings. The molecule has 4 nitrogen and oxygen atoms in total. The average Bonchev–Trinajstić information content (AvgIpc) is 2.91. The number of aliphatic hydroxyl groups is 1. The summed E-state index contributed by atoms with van der Waals surface area (Å²) < 4.78 is 32.8. The van der Waals surface area contributed by atoms with Crippen LogP contribution in [0.2, 0.25) is 0 Å². The number of nitrogens with zero attached hydrogens (tertiary/aromatic N) is 2. The summed E-state index contributed by atoms with van der Waals surface area (Å²) in [6.07, 6.45) is 3.15. The first-order valence-corrected chi connectivity index (χ1v) is 7.85. The molecule has 1 N–H and O–H groups in total. The SMILES string of the molecule is Cc1oc(-c2cccc(F)c2F)nc1CN1CCCCC1CO. The zero-order valence-corrected chi connectivity index (χ0v) is 13.1. The summed E-state index contributed by atoms with van der Waals surface area (Å²) in [5.74, 6) is -1.19. The Hall–Kier alpha value is -1.79. The Morgan fingerprint density at radius 2 is 2.17 bits per heavy atom. The largest absolute Gasteiger partial charge is 0.441 e. The van der Waals surface area contributed by atoms with Crippen LogP contribution < -0.4 is 0 Å². The van der Waals surface area contributed by atoms with Crippen molar-refractivity contribution in [2.75, 3.05) is 13.2 Å². The van der Waals surface area contributed by atoms with Crippen LogP contribution in [0.3, 0.4) is 0 Å². The topological polar surface area (TPSA) is 49.5 Å². The van der Waals surface area contributed by atoms with E-state index in [1.807, 2.05) is 0 Å². The van der Waals surface area contributed by atoms with E-state index >= 15 is 0 Å². The molecule has 1 saturated heterocycles. The first-order chi connectivity index (χ1) is 11.1. The standard InChI is InChI=1S/C17H20F2N2O2/c1-11-15(9-21-8-3-2-5-12(21)10-22)20-17(23-11)13-6-4-7-14(18)16(13)19/h4,6-7,12,22H,2-3,5,8-10H2,1H3. The molecule has 1 aromatic heterocycles. The molecule has 0 saturated carbocycles. The van der Waals surface area contributed by atoms with Crippen LogP contribution in [0.1, 0.15) is 30.7 Å². The number of piperidine rings is 1. The summed E-state index contributed by atoms with van der Waals surface area (Å²) in [5, 5.41) is 9.48. The molecular formula is C17H20F2N2O2. The Kier molecular flexibility index (Phi) is 4.73. The lowest BCUT2D eigenvalue weighted by Gasteiger charge is -2.33. The van der Waals surface area contributed by atoms with Gasteiger partial charge in [-0.05, 0) is 38.4 Å². The maximum Gasteiger partial charge on any atom is 0.229 e. The van der Waals surface area contributed by atoms with Crippen LogP contribution in [0.25, 0.3) is 11.5 Å². The molecule has 1 unspecified atom stereocenters. The van der Waals surface area contributed by atoms with Crippen molar-refractivity contribution in [1.29, 1.82) is 0 Å². The second-order valence-corrected chi connectivity index (χ2v) is 5.93. The molecule has 1 atom stereocenters. The number of benzene rings is 1. The van der Waals surface area contributed by atoms with Crippen LogP contribution in [0.15, 0.2) is 22.6 Å². The van der Waals surface area contributed by atoms with Gasteiger partial charge in [0.1, 0.15) is 5.76 Å². The Balaban J connectivity index is 1.85. The second kappa shape index (κ2) is 6.76. The fraction of sp³-hybridized carbons (Fsp3) is 0.471. The van der Waals surface area contributed by atoms with Crippen LogP contribution in [-0.2, 0) is 6.54 Å². The van der Waals surface area contributed by atoms with Gasteiger partial charge in [0.05, 0.1) is 17.9 Å². The molecule has 2 aromatic rings. The number of likely N-dealkylation sites (tertiary alicyclic amines) is 1. The molecule has 1 fully saturated rings. The van der Waals surface area contributed by atoms with Crippen molar-refractivity contribution in [2.45, 2.75) is 38.8 Å². The fourth-order valence-corrected chi connectivity index (χ4v) is 3.03. The Labute approximate surface area is 133 Å². The molecule has 124 valence electrons. The van der Waals surface area contributed by atoms with E-state index < -0.39 is 11.6 Å². The highest BCUT2D eigenvalue weighted by Gasteiger charge is 2.24. The summed E-state index contributed by atoms with van der Waals surface area (Å²) in [5.41, 5.74) is 0.723. The molecule has 6 heteroatoms. The van der Waals surface area contributed by atoms with Crippen molar-refractivity contribution >= 4 is 0 Å². The number of rotatable bonds is 4. The van der Waals surface area contributed by atoms with Gasteiger partial charge < -0.3 is 9.52 Å². The van der Waals surface area contributed by atoms with Crippen LogP contribution in [0.5, 0.6) is 0 Å². The van der Waals surface area contributed by atoms with Crippen molar-refractivity contribution in [3.8, 4) is 11.5 Å². The molecular weight excluding hydrogens is 302 g/mol. The van der Waals surface area contributed by atoms with Crippen molar-refractivity contribution in [3.05, 3.63) is 41.3 Å². The van der Waals surface area contributed by atoms with Crippen molar-refractivity contribution in [1.82, 2.24) is 9.88 Å². The molecule has 0 spiro atoms. The molecule has 1 aromatic carbocycles. The van der Waals surface area contributed by atoms with E-state index in [4.69, 9.17) is 4.42 Å². The van der Waals surface area contributed by atoms with Gasteiger partial charge in [-0.3, -0.25) is 4.90 Å². The van der Waals surface area contributed by atoms with E-state index in [-0.39, 0.29) is 24.1 Å². The van der Waals surface area contributed by atoms with Gasteiger partial charge in [0.2, 0.25) is 5.89 Å². The maximum atomic E-state index is 13.9. The molecule has 23 heavy (non-hydrogen) atoms. The van der Waals surface area contributed by atoms with Crippen molar-refractivity contribution in [2.24, 2.45) is 0 Å². The van der Waals surface area contributed by atoms with E-state index in [9.17, 15) is 13.9 Å². The summed E-state index contributed by atoms with van der Waals surface area (Å²) in [4.78, 5) is 6.51. The normalized spacial score (nSPS) is 19.2. The van der Waals surface area contributed by atoms with E-state index in [0.29, 0.717) is 18.0 Å². The Bertz CT molecular complexity index is 687. The van der Waals surface area contributed by atoms with Gasteiger partial charge in [0.15, 0.2) is 11.6 Å². The molecule has 3 rings (SSSR count). The highest BCUT2D eigenvalue weighted by Crippen LogP contribution is 2.27. The van der Waals surface area contributed by atoms with E-state index in [1.165, 1.54) is 12.1 Å². The maximum absolute atomic E-state index is 13.9. The van der Waals surface area contributed by atoms with Gasteiger partial charge in [-0.2, -0.15) is 0 Å². The second-order valence-electron chi connectivity index (χ2n) is 5.93. The van der Waals surface area contributed by atoms with Crippen LogP contribution in [0, 0.1) is 18.6 Å². The molecule has 0 radical (unpaired) electrons. The number of oxazole rings is 1. The summed E-state index contributed by atoms with van der Waals surface area (Å²) >= 11 is 0. The minimum absolute atomic E-state index is 0.0247. The smallest absolute Gasteiger partial charge is 0.229 e. The zero-order valence-electron chi connectivity index (χ0n) is 13.1.